The normalized spacial score (nSPS) is 11.9. The Hall–Kier alpha value is -1.20. The molecule has 86 valence electrons. The van der Waals surface area contributed by atoms with E-state index in [0.717, 1.165) is 5.56 Å². The van der Waals surface area contributed by atoms with Gasteiger partial charge in [-0.3, -0.25) is 9.59 Å². The molecule has 1 rings (SSSR count). The second-order valence-electron chi connectivity index (χ2n) is 3.32. The van der Waals surface area contributed by atoms with Gasteiger partial charge in [0, 0.05) is 6.42 Å². The Morgan fingerprint density at radius 1 is 1.31 bits per heavy atom. The third-order valence-corrected chi connectivity index (χ3v) is 2.63. The maximum atomic E-state index is 11.3. The van der Waals surface area contributed by atoms with Gasteiger partial charge in [0.1, 0.15) is 6.04 Å². The van der Waals surface area contributed by atoms with Crippen molar-refractivity contribution in [3.05, 3.63) is 35.9 Å². The van der Waals surface area contributed by atoms with Crippen LogP contribution in [0.4, 0.5) is 0 Å². The Labute approximate surface area is 102 Å². The summed E-state index contributed by atoms with van der Waals surface area (Å²) in [6.45, 7) is -0.119. The minimum absolute atomic E-state index is 0.119. The van der Waals surface area contributed by atoms with E-state index in [1.54, 1.807) is 0 Å². The lowest BCUT2D eigenvalue weighted by Gasteiger charge is -2.14. The second kappa shape index (κ2) is 6.40. The van der Waals surface area contributed by atoms with E-state index in [2.05, 4.69) is 21.2 Å². The molecule has 1 atom stereocenters. The number of amides is 1. The zero-order valence-corrected chi connectivity index (χ0v) is 10.2. The van der Waals surface area contributed by atoms with Crippen molar-refractivity contribution in [2.75, 3.05) is 6.54 Å². The van der Waals surface area contributed by atoms with E-state index in [1.807, 2.05) is 30.3 Å². The number of nitrogens with two attached hydrogens (primary N) is 1. The molecule has 4 nitrogen and oxygen atoms in total. The summed E-state index contributed by atoms with van der Waals surface area (Å²) < 4.78 is -0.252. The van der Waals surface area contributed by atoms with Crippen molar-refractivity contribution in [3.63, 3.8) is 0 Å². The summed E-state index contributed by atoms with van der Waals surface area (Å²) in [5.74, 6) is -0.339. The molecule has 0 aliphatic heterocycles. The van der Waals surface area contributed by atoms with Gasteiger partial charge in [-0.1, -0.05) is 30.3 Å². The van der Waals surface area contributed by atoms with Crippen molar-refractivity contribution in [3.8, 4) is 0 Å². The maximum Gasteiger partial charge on any atom is 0.234 e. The molecule has 0 unspecified atom stereocenters. The third kappa shape index (κ3) is 4.12. The van der Waals surface area contributed by atoms with Gasteiger partial charge in [0.05, 0.1) is 6.54 Å². The lowest BCUT2D eigenvalue weighted by atomic mass is 10.1. The highest BCUT2D eigenvalue weighted by molar-refractivity contribution is 9.18. The van der Waals surface area contributed by atoms with E-state index in [-0.39, 0.29) is 17.1 Å². The Balaban J connectivity index is 2.65. The topological polar surface area (TPSA) is 72.2 Å². The molecule has 0 radical (unpaired) electrons. The molecule has 5 heteroatoms. The first-order chi connectivity index (χ1) is 7.63. The predicted molar refractivity (Wildman–Crippen MR) is 65.1 cm³/mol. The Morgan fingerprint density at radius 2 is 1.94 bits per heavy atom. The highest BCUT2D eigenvalue weighted by atomic mass is 79.9. The van der Waals surface area contributed by atoms with Crippen LogP contribution in [0.1, 0.15) is 5.56 Å². The molecule has 0 aromatic heterocycles. The van der Waals surface area contributed by atoms with Crippen LogP contribution in [-0.2, 0) is 16.0 Å². The number of benzene rings is 1. The van der Waals surface area contributed by atoms with Gasteiger partial charge in [-0.25, -0.2) is 0 Å². The molecule has 1 aromatic rings. The molecule has 16 heavy (non-hydrogen) atoms. The van der Waals surface area contributed by atoms with Gasteiger partial charge in [-0.15, -0.1) is 0 Å². The number of halogens is 1. The van der Waals surface area contributed by atoms with Crippen LogP contribution in [0.5, 0.6) is 0 Å². The minimum atomic E-state index is -0.571. The average Bonchev–Trinajstić information content (AvgIpc) is 2.29. The van der Waals surface area contributed by atoms with Crippen LogP contribution in [0.3, 0.4) is 0 Å². The molecule has 1 aromatic carbocycles. The van der Waals surface area contributed by atoms with Crippen LogP contribution in [-0.4, -0.2) is 23.2 Å². The van der Waals surface area contributed by atoms with Gasteiger partial charge in [0.2, 0.25) is 10.6 Å². The van der Waals surface area contributed by atoms with E-state index in [0.29, 0.717) is 6.42 Å². The van der Waals surface area contributed by atoms with Gasteiger partial charge in [0.15, 0.2) is 0 Å². The molecule has 0 aliphatic carbocycles. The maximum absolute atomic E-state index is 11.3. The minimum Gasteiger partial charge on any atom is -0.344 e. The average molecular weight is 285 g/mol. The first-order valence-corrected chi connectivity index (χ1v) is 5.65. The van der Waals surface area contributed by atoms with E-state index in [4.69, 9.17) is 5.73 Å². The number of nitrogens with one attached hydrogen (secondary N) is 1. The standard InChI is InChI=1S/C11H13BrN2O2/c12-11(16)9(14-10(15)7-13)6-8-4-2-1-3-5-8/h1-5,9H,6-7,13H2,(H,14,15)/t9-/m0/s1. The summed E-state index contributed by atoms with van der Waals surface area (Å²) in [5.41, 5.74) is 6.16. The van der Waals surface area contributed by atoms with E-state index in [1.165, 1.54) is 0 Å². The van der Waals surface area contributed by atoms with Gasteiger partial charge < -0.3 is 11.1 Å². The number of hydrogen-bond acceptors (Lipinski definition) is 3. The van der Waals surface area contributed by atoms with E-state index in [9.17, 15) is 9.59 Å². The SMILES string of the molecule is NCC(=O)N[C@@H](Cc1ccccc1)C(=O)Br. The summed E-state index contributed by atoms with van der Waals surface area (Å²) in [4.78, 5) is 22.4. The van der Waals surface area contributed by atoms with Crippen LogP contribution in [0.2, 0.25) is 0 Å². The molecular formula is C11H13BrN2O2. The zero-order valence-electron chi connectivity index (χ0n) is 8.65. The molecule has 3 N–H and O–H groups in total. The summed E-state index contributed by atoms with van der Waals surface area (Å²) in [7, 11) is 0. The molecule has 1 amide bonds. The van der Waals surface area contributed by atoms with Gasteiger partial charge in [-0.05, 0) is 21.5 Å². The summed E-state index contributed by atoms with van der Waals surface area (Å²) in [6, 6.07) is 8.90. The first kappa shape index (κ1) is 12.9. The van der Waals surface area contributed by atoms with Gasteiger partial charge >= 0.3 is 0 Å². The van der Waals surface area contributed by atoms with Crippen molar-refractivity contribution in [2.24, 2.45) is 5.73 Å². The van der Waals surface area contributed by atoms with Crippen molar-refractivity contribution in [1.82, 2.24) is 5.32 Å². The first-order valence-electron chi connectivity index (χ1n) is 4.86. The highest BCUT2D eigenvalue weighted by Crippen LogP contribution is 2.06. The molecule has 0 bridgehead atoms. The molecule has 0 fully saturated rings. The molecule has 0 aliphatic rings. The fraction of sp³-hybridized carbons (Fsp3) is 0.273. The van der Waals surface area contributed by atoms with Crippen molar-refractivity contribution < 1.29 is 9.59 Å². The highest BCUT2D eigenvalue weighted by Gasteiger charge is 2.17. The largest absolute Gasteiger partial charge is 0.344 e. The molecule has 0 heterocycles. The fourth-order valence-corrected chi connectivity index (χ4v) is 1.57. The van der Waals surface area contributed by atoms with Crippen LogP contribution < -0.4 is 11.1 Å². The number of carbonyl (C=O) groups excluding carboxylic acids is 2. The Morgan fingerprint density at radius 3 is 2.44 bits per heavy atom. The van der Waals surface area contributed by atoms with E-state index < -0.39 is 6.04 Å². The molecular weight excluding hydrogens is 272 g/mol. The van der Waals surface area contributed by atoms with Crippen molar-refractivity contribution >= 4 is 26.5 Å². The van der Waals surface area contributed by atoms with Crippen LogP contribution in [0.25, 0.3) is 0 Å². The molecule has 0 saturated carbocycles. The van der Waals surface area contributed by atoms with Crippen LogP contribution in [0, 0.1) is 0 Å². The number of carbonyl (C=O) groups is 2. The summed E-state index contributed by atoms with van der Waals surface area (Å²) in [6.07, 6.45) is 0.455. The Bertz CT molecular complexity index is 368. The Kier molecular flexibility index (Phi) is 5.14. The second-order valence-corrected chi connectivity index (χ2v) is 4.10. The number of rotatable bonds is 5. The predicted octanol–water partition coefficient (Wildman–Crippen LogP) is 0.594. The third-order valence-electron chi connectivity index (χ3n) is 2.08. The summed E-state index contributed by atoms with van der Waals surface area (Å²) >= 11 is 2.86. The van der Waals surface area contributed by atoms with Crippen molar-refractivity contribution in [1.29, 1.82) is 0 Å². The monoisotopic (exact) mass is 284 g/mol. The van der Waals surface area contributed by atoms with E-state index >= 15 is 0 Å². The smallest absolute Gasteiger partial charge is 0.234 e. The number of hydrogen-bond donors (Lipinski definition) is 2. The fourth-order valence-electron chi connectivity index (χ4n) is 1.29. The quantitative estimate of drug-likeness (QED) is 0.778. The molecule has 0 saturated heterocycles. The summed E-state index contributed by atoms with van der Waals surface area (Å²) in [5, 5.41) is 2.55. The molecule has 0 spiro atoms. The van der Waals surface area contributed by atoms with Crippen molar-refractivity contribution in [2.45, 2.75) is 12.5 Å². The van der Waals surface area contributed by atoms with Crippen LogP contribution >= 0.6 is 15.9 Å². The lowest BCUT2D eigenvalue weighted by Crippen LogP contribution is -2.43. The van der Waals surface area contributed by atoms with Crippen LogP contribution in [0.15, 0.2) is 30.3 Å². The van der Waals surface area contributed by atoms with Gasteiger partial charge in [0.25, 0.3) is 0 Å². The zero-order chi connectivity index (χ0) is 12.0. The van der Waals surface area contributed by atoms with Gasteiger partial charge in [-0.2, -0.15) is 0 Å². The lowest BCUT2D eigenvalue weighted by molar-refractivity contribution is -0.123.